The van der Waals surface area contributed by atoms with Crippen molar-refractivity contribution in [3.8, 4) is 0 Å². The summed E-state index contributed by atoms with van der Waals surface area (Å²) in [5.74, 6) is 0.423. The van der Waals surface area contributed by atoms with Crippen molar-refractivity contribution in [2.45, 2.75) is 12.8 Å². The van der Waals surface area contributed by atoms with Crippen molar-refractivity contribution in [3.63, 3.8) is 0 Å². The van der Waals surface area contributed by atoms with Crippen LogP contribution in [-0.2, 0) is 9.84 Å². The maximum Gasteiger partial charge on any atom is 0.166 e. The molecule has 1 unspecified atom stereocenters. The van der Waals surface area contributed by atoms with Gasteiger partial charge in [-0.1, -0.05) is 0 Å². The molecule has 0 aliphatic carbocycles. The average Bonchev–Trinajstić information content (AvgIpc) is 2.01. The summed E-state index contributed by atoms with van der Waals surface area (Å²) in [4.78, 5) is 1.88. The molecule has 1 saturated heterocycles. The molecular weight excluding hydrogens is 220 g/mol. The van der Waals surface area contributed by atoms with E-state index in [1.807, 2.05) is 4.90 Å². The van der Waals surface area contributed by atoms with Gasteiger partial charge < -0.3 is 10.6 Å². The Kier molecular flexibility index (Phi) is 3.71. The second kappa shape index (κ2) is 4.44. The van der Waals surface area contributed by atoms with Crippen LogP contribution in [0, 0.1) is 5.92 Å². The highest BCUT2D eigenvalue weighted by molar-refractivity contribution is 7.90. The number of hydrogen-bond acceptors (Lipinski definition) is 3. The Hall–Kier alpha value is -0.360. The molecule has 0 radical (unpaired) electrons. The molecule has 6 heteroatoms. The molecule has 1 atom stereocenters. The van der Waals surface area contributed by atoms with Crippen molar-refractivity contribution in [1.82, 2.24) is 4.90 Å². The van der Waals surface area contributed by atoms with Gasteiger partial charge in [-0.05, 0) is 31.0 Å². The normalized spacial score (nSPS) is 23.5. The number of nitrogens with two attached hydrogens (primary N) is 1. The van der Waals surface area contributed by atoms with Gasteiger partial charge in [-0.3, -0.25) is 0 Å². The highest BCUT2D eigenvalue weighted by Gasteiger charge is 2.23. The van der Waals surface area contributed by atoms with E-state index in [0.717, 1.165) is 19.4 Å². The van der Waals surface area contributed by atoms with Gasteiger partial charge in [-0.25, -0.2) is 8.42 Å². The predicted octanol–water partition coefficient (Wildman–Crippen LogP) is -0.0134. The average molecular weight is 236 g/mol. The van der Waals surface area contributed by atoms with E-state index in [9.17, 15) is 8.42 Å². The zero-order valence-electron chi connectivity index (χ0n) is 8.27. The van der Waals surface area contributed by atoms with Crippen LogP contribution in [0.4, 0.5) is 0 Å². The number of likely N-dealkylation sites (tertiary alicyclic amines) is 1. The first-order valence-electron chi connectivity index (χ1n) is 4.60. The highest BCUT2D eigenvalue weighted by atomic mass is 32.2. The van der Waals surface area contributed by atoms with Crippen LogP contribution in [0.3, 0.4) is 0 Å². The molecule has 0 bridgehead atoms. The minimum atomic E-state index is -2.88. The number of sulfone groups is 1. The minimum Gasteiger partial charge on any atom is -0.376 e. The maximum atomic E-state index is 11.1. The third-order valence-electron chi connectivity index (χ3n) is 2.37. The molecule has 14 heavy (non-hydrogen) atoms. The summed E-state index contributed by atoms with van der Waals surface area (Å²) in [7, 11) is -2.88. The number of hydrogen-bond donors (Lipinski definition) is 1. The summed E-state index contributed by atoms with van der Waals surface area (Å²) in [5.41, 5.74) is 5.50. The van der Waals surface area contributed by atoms with Gasteiger partial charge in [-0.15, -0.1) is 0 Å². The fourth-order valence-corrected chi connectivity index (χ4v) is 3.12. The van der Waals surface area contributed by atoms with E-state index in [0.29, 0.717) is 11.7 Å². The van der Waals surface area contributed by atoms with E-state index in [4.69, 9.17) is 18.0 Å². The molecule has 1 aliphatic rings. The quantitative estimate of drug-likeness (QED) is 0.683. The Morgan fingerprint density at radius 2 is 2.29 bits per heavy atom. The molecule has 1 rings (SSSR count). The molecule has 0 amide bonds. The molecule has 82 valence electrons. The Bertz CT molecular complexity index is 313. The smallest absolute Gasteiger partial charge is 0.166 e. The van der Waals surface area contributed by atoms with E-state index in [-0.39, 0.29) is 11.7 Å². The third kappa shape index (κ3) is 3.79. The molecular formula is C8H16N2O2S2. The van der Waals surface area contributed by atoms with Crippen molar-refractivity contribution in [2.75, 3.05) is 25.1 Å². The lowest BCUT2D eigenvalue weighted by atomic mass is 10.0. The van der Waals surface area contributed by atoms with Gasteiger partial charge >= 0.3 is 0 Å². The van der Waals surface area contributed by atoms with Gasteiger partial charge in [0.15, 0.2) is 5.11 Å². The van der Waals surface area contributed by atoms with E-state index in [1.54, 1.807) is 0 Å². The first-order valence-corrected chi connectivity index (χ1v) is 7.07. The van der Waals surface area contributed by atoms with Crippen LogP contribution in [0.15, 0.2) is 0 Å². The van der Waals surface area contributed by atoms with Crippen molar-refractivity contribution in [1.29, 1.82) is 0 Å². The minimum absolute atomic E-state index is 0.181. The van der Waals surface area contributed by atoms with Gasteiger partial charge in [0, 0.05) is 19.3 Å². The standard InChI is InChI=1S/C8H16N2O2S2/c1-14(11,12)6-7-3-2-4-10(5-7)8(9)13/h7H,2-6H2,1H3,(H2,9,13). The summed E-state index contributed by atoms with van der Waals surface area (Å²) in [6.07, 6.45) is 3.19. The van der Waals surface area contributed by atoms with Crippen molar-refractivity contribution < 1.29 is 8.42 Å². The molecule has 0 saturated carbocycles. The number of rotatable bonds is 2. The van der Waals surface area contributed by atoms with Gasteiger partial charge in [0.25, 0.3) is 0 Å². The van der Waals surface area contributed by atoms with Gasteiger partial charge in [0.2, 0.25) is 0 Å². The Morgan fingerprint density at radius 3 is 2.79 bits per heavy atom. The van der Waals surface area contributed by atoms with Crippen LogP contribution >= 0.6 is 12.2 Å². The lowest BCUT2D eigenvalue weighted by Gasteiger charge is -2.32. The molecule has 0 aromatic rings. The lowest BCUT2D eigenvalue weighted by molar-refractivity contribution is 0.276. The molecule has 4 nitrogen and oxygen atoms in total. The molecule has 1 fully saturated rings. The maximum absolute atomic E-state index is 11.1. The monoisotopic (exact) mass is 236 g/mol. The molecule has 0 aromatic carbocycles. The number of thiocarbonyl (C=S) groups is 1. The zero-order chi connectivity index (χ0) is 10.8. The van der Waals surface area contributed by atoms with Crippen molar-refractivity contribution in [3.05, 3.63) is 0 Å². The Balaban J connectivity index is 2.52. The first kappa shape index (κ1) is 11.7. The number of piperidine rings is 1. The van der Waals surface area contributed by atoms with Crippen molar-refractivity contribution >= 4 is 27.2 Å². The molecule has 2 N–H and O–H groups in total. The molecule has 0 spiro atoms. The number of nitrogens with zero attached hydrogens (tertiary/aromatic N) is 1. The lowest BCUT2D eigenvalue weighted by Crippen LogP contribution is -2.44. The second-order valence-electron chi connectivity index (χ2n) is 3.88. The van der Waals surface area contributed by atoms with Crippen LogP contribution in [0.1, 0.15) is 12.8 Å². The first-order chi connectivity index (χ1) is 6.38. The van der Waals surface area contributed by atoms with Crippen LogP contribution in [0.5, 0.6) is 0 Å². The topological polar surface area (TPSA) is 63.4 Å². The molecule has 1 aliphatic heterocycles. The van der Waals surface area contributed by atoms with E-state index in [2.05, 4.69) is 0 Å². The fraction of sp³-hybridized carbons (Fsp3) is 0.875. The Labute approximate surface area is 90.4 Å². The van der Waals surface area contributed by atoms with E-state index in [1.165, 1.54) is 6.26 Å². The summed E-state index contributed by atoms with van der Waals surface area (Å²) in [6, 6.07) is 0. The van der Waals surface area contributed by atoms with Gasteiger partial charge in [0.1, 0.15) is 9.84 Å². The third-order valence-corrected chi connectivity index (χ3v) is 3.70. The van der Waals surface area contributed by atoms with Crippen molar-refractivity contribution in [2.24, 2.45) is 11.7 Å². The van der Waals surface area contributed by atoms with Gasteiger partial charge in [0.05, 0.1) is 5.75 Å². The highest BCUT2D eigenvalue weighted by Crippen LogP contribution is 2.17. The van der Waals surface area contributed by atoms with Crippen LogP contribution < -0.4 is 5.73 Å². The largest absolute Gasteiger partial charge is 0.376 e. The van der Waals surface area contributed by atoms with Gasteiger partial charge in [-0.2, -0.15) is 0 Å². The summed E-state index contributed by atoms with van der Waals surface area (Å²) < 4.78 is 22.2. The Morgan fingerprint density at radius 1 is 1.64 bits per heavy atom. The van der Waals surface area contributed by atoms with Crippen LogP contribution in [0.25, 0.3) is 0 Å². The fourth-order valence-electron chi connectivity index (χ4n) is 1.83. The second-order valence-corrected chi connectivity index (χ2v) is 6.49. The van der Waals surface area contributed by atoms with Crippen LogP contribution in [0.2, 0.25) is 0 Å². The summed E-state index contributed by atoms with van der Waals surface area (Å²) >= 11 is 4.86. The zero-order valence-corrected chi connectivity index (χ0v) is 9.90. The predicted molar refractivity (Wildman–Crippen MR) is 60.8 cm³/mol. The SMILES string of the molecule is CS(=O)(=O)CC1CCCN(C(N)=S)C1. The summed E-state index contributed by atoms with van der Waals surface area (Å²) in [6.45, 7) is 1.54. The van der Waals surface area contributed by atoms with E-state index < -0.39 is 9.84 Å². The summed E-state index contributed by atoms with van der Waals surface area (Å²) in [5, 5.41) is 0.378. The molecule has 0 aromatic heterocycles. The van der Waals surface area contributed by atoms with E-state index >= 15 is 0 Å². The molecule has 1 heterocycles. The van der Waals surface area contributed by atoms with Crippen LogP contribution in [-0.4, -0.2) is 43.5 Å².